The average molecular weight is 352 g/mol. The van der Waals surface area contributed by atoms with Gasteiger partial charge in [0, 0.05) is 11.1 Å². The molecule has 0 saturated heterocycles. The number of ether oxygens (including phenoxy) is 1. The lowest BCUT2D eigenvalue weighted by Gasteiger charge is -2.11. The smallest absolute Gasteiger partial charge is 0.257 e. The molecule has 2 amide bonds. The third-order valence-corrected chi connectivity index (χ3v) is 4.23. The Balaban J connectivity index is 1.77. The molecule has 2 aromatic carbocycles. The van der Waals surface area contributed by atoms with E-state index in [9.17, 15) is 9.59 Å². The lowest BCUT2D eigenvalue weighted by Crippen LogP contribution is -2.17. The van der Waals surface area contributed by atoms with Gasteiger partial charge in [0.15, 0.2) is 0 Å². The molecule has 0 radical (unpaired) electrons. The van der Waals surface area contributed by atoms with Crippen LogP contribution in [-0.4, -0.2) is 18.9 Å². The molecule has 0 saturated carbocycles. The van der Waals surface area contributed by atoms with Crippen molar-refractivity contribution >= 4 is 34.5 Å². The monoisotopic (exact) mass is 352 g/mol. The molecule has 3 aromatic rings. The maximum Gasteiger partial charge on any atom is 0.257 e. The number of anilines is 2. The Morgan fingerprint density at radius 1 is 0.920 bits per heavy atom. The highest BCUT2D eigenvalue weighted by Crippen LogP contribution is 2.20. The quantitative estimate of drug-likeness (QED) is 0.721. The first kappa shape index (κ1) is 16.7. The number of carbonyl (C=O) groups excluding carboxylic acids is 2. The summed E-state index contributed by atoms with van der Waals surface area (Å²) in [6, 6.07) is 15.7. The van der Waals surface area contributed by atoms with Crippen LogP contribution >= 0.6 is 11.3 Å². The van der Waals surface area contributed by atoms with E-state index in [1.165, 1.54) is 11.3 Å². The Kier molecular flexibility index (Phi) is 5.11. The Morgan fingerprint density at radius 2 is 1.68 bits per heavy atom. The zero-order valence-corrected chi connectivity index (χ0v) is 14.3. The van der Waals surface area contributed by atoms with Crippen LogP contribution < -0.4 is 15.4 Å². The van der Waals surface area contributed by atoms with Crippen LogP contribution in [0.1, 0.15) is 20.7 Å². The van der Waals surface area contributed by atoms with Gasteiger partial charge in [0.05, 0.1) is 23.9 Å². The summed E-state index contributed by atoms with van der Waals surface area (Å²) in [6.45, 7) is 0. The molecule has 126 valence electrons. The fourth-order valence-corrected chi connectivity index (χ4v) is 2.89. The van der Waals surface area contributed by atoms with Gasteiger partial charge in [-0.3, -0.25) is 9.59 Å². The maximum absolute atomic E-state index is 12.6. The predicted molar refractivity (Wildman–Crippen MR) is 99.7 cm³/mol. The Bertz CT molecular complexity index is 874. The van der Waals surface area contributed by atoms with Crippen LogP contribution in [0.25, 0.3) is 0 Å². The normalized spacial score (nSPS) is 10.1. The van der Waals surface area contributed by atoms with Crippen molar-refractivity contribution in [3.8, 4) is 5.75 Å². The molecule has 0 spiro atoms. The molecule has 0 aliphatic rings. The molecule has 6 heteroatoms. The topological polar surface area (TPSA) is 67.4 Å². The summed E-state index contributed by atoms with van der Waals surface area (Å²) in [6.07, 6.45) is 0. The summed E-state index contributed by atoms with van der Waals surface area (Å²) in [5, 5.41) is 9.19. The fourth-order valence-electron chi connectivity index (χ4n) is 2.25. The van der Waals surface area contributed by atoms with Gasteiger partial charge in [0.1, 0.15) is 5.75 Å². The SMILES string of the molecule is COc1ccc(NC(=O)c2ccccc2NC(=O)c2ccsc2)cc1. The van der Waals surface area contributed by atoms with Crippen LogP contribution in [-0.2, 0) is 0 Å². The Labute approximate surface area is 149 Å². The van der Waals surface area contributed by atoms with Crippen LogP contribution in [0.3, 0.4) is 0 Å². The minimum absolute atomic E-state index is 0.244. The molecule has 25 heavy (non-hydrogen) atoms. The first-order valence-corrected chi connectivity index (χ1v) is 8.49. The van der Waals surface area contributed by atoms with Gasteiger partial charge >= 0.3 is 0 Å². The van der Waals surface area contributed by atoms with Crippen LogP contribution in [0.15, 0.2) is 65.4 Å². The van der Waals surface area contributed by atoms with E-state index in [1.54, 1.807) is 67.1 Å². The molecule has 0 aliphatic heterocycles. The molecule has 1 heterocycles. The standard InChI is InChI=1S/C19H16N2O3S/c1-24-15-8-6-14(7-9-15)20-19(23)16-4-2-3-5-17(16)21-18(22)13-10-11-25-12-13/h2-12H,1H3,(H,20,23)(H,21,22). The molecule has 0 fully saturated rings. The molecule has 0 aliphatic carbocycles. The van der Waals surface area contributed by atoms with Gasteiger partial charge in [0.25, 0.3) is 11.8 Å². The highest BCUT2D eigenvalue weighted by Gasteiger charge is 2.14. The summed E-state index contributed by atoms with van der Waals surface area (Å²) in [5.74, 6) is 0.166. The summed E-state index contributed by atoms with van der Waals surface area (Å²) in [5.41, 5.74) is 2.06. The van der Waals surface area contributed by atoms with Crippen molar-refractivity contribution in [1.29, 1.82) is 0 Å². The number of para-hydroxylation sites is 1. The van der Waals surface area contributed by atoms with Crippen LogP contribution in [0.4, 0.5) is 11.4 Å². The van der Waals surface area contributed by atoms with E-state index in [2.05, 4.69) is 10.6 Å². The van der Waals surface area contributed by atoms with E-state index in [-0.39, 0.29) is 11.8 Å². The highest BCUT2D eigenvalue weighted by molar-refractivity contribution is 7.08. The summed E-state index contributed by atoms with van der Waals surface area (Å²) < 4.78 is 5.10. The van der Waals surface area contributed by atoms with Crippen molar-refractivity contribution in [2.45, 2.75) is 0 Å². The average Bonchev–Trinajstić information content (AvgIpc) is 3.17. The van der Waals surface area contributed by atoms with E-state index in [1.807, 2.05) is 5.38 Å². The predicted octanol–water partition coefficient (Wildman–Crippen LogP) is 4.26. The van der Waals surface area contributed by atoms with E-state index in [0.717, 1.165) is 0 Å². The summed E-state index contributed by atoms with van der Waals surface area (Å²) >= 11 is 1.44. The number of thiophene rings is 1. The van der Waals surface area contributed by atoms with Crippen LogP contribution in [0.5, 0.6) is 5.75 Å². The van der Waals surface area contributed by atoms with Crippen molar-refractivity contribution in [2.75, 3.05) is 17.7 Å². The van der Waals surface area contributed by atoms with E-state index in [0.29, 0.717) is 28.3 Å². The van der Waals surface area contributed by atoms with Crippen molar-refractivity contribution in [3.63, 3.8) is 0 Å². The van der Waals surface area contributed by atoms with Crippen LogP contribution in [0, 0.1) is 0 Å². The second kappa shape index (κ2) is 7.63. The van der Waals surface area contributed by atoms with Gasteiger partial charge in [-0.25, -0.2) is 0 Å². The third kappa shape index (κ3) is 4.05. The van der Waals surface area contributed by atoms with E-state index < -0.39 is 0 Å². The summed E-state index contributed by atoms with van der Waals surface area (Å²) in [7, 11) is 1.58. The van der Waals surface area contributed by atoms with Crippen molar-refractivity contribution < 1.29 is 14.3 Å². The molecule has 0 bridgehead atoms. The lowest BCUT2D eigenvalue weighted by molar-refractivity contribution is 0.102. The van der Waals surface area contributed by atoms with Gasteiger partial charge in [0.2, 0.25) is 0 Å². The molecule has 0 atom stereocenters. The van der Waals surface area contributed by atoms with Crippen LogP contribution in [0.2, 0.25) is 0 Å². The van der Waals surface area contributed by atoms with Crippen molar-refractivity contribution in [1.82, 2.24) is 0 Å². The molecule has 5 nitrogen and oxygen atoms in total. The Hall–Kier alpha value is -3.12. The number of benzene rings is 2. The third-order valence-electron chi connectivity index (χ3n) is 3.55. The van der Waals surface area contributed by atoms with Gasteiger partial charge < -0.3 is 15.4 Å². The lowest BCUT2D eigenvalue weighted by atomic mass is 10.1. The zero-order valence-electron chi connectivity index (χ0n) is 13.5. The largest absolute Gasteiger partial charge is 0.497 e. The van der Waals surface area contributed by atoms with E-state index >= 15 is 0 Å². The maximum atomic E-state index is 12.6. The second-order valence-electron chi connectivity index (χ2n) is 5.19. The number of amides is 2. The zero-order chi connectivity index (χ0) is 17.6. The van der Waals surface area contributed by atoms with Gasteiger partial charge in [-0.1, -0.05) is 12.1 Å². The van der Waals surface area contributed by atoms with Gasteiger partial charge in [-0.2, -0.15) is 11.3 Å². The number of carbonyl (C=O) groups is 2. The molecule has 3 rings (SSSR count). The molecular formula is C19H16N2O3S. The van der Waals surface area contributed by atoms with E-state index in [4.69, 9.17) is 4.74 Å². The first-order valence-electron chi connectivity index (χ1n) is 7.55. The highest BCUT2D eigenvalue weighted by atomic mass is 32.1. The summed E-state index contributed by atoms with van der Waals surface area (Å²) in [4.78, 5) is 24.8. The van der Waals surface area contributed by atoms with Crippen molar-refractivity contribution in [2.24, 2.45) is 0 Å². The number of methoxy groups -OCH3 is 1. The molecule has 2 N–H and O–H groups in total. The minimum atomic E-state index is -0.300. The number of nitrogens with one attached hydrogen (secondary N) is 2. The number of hydrogen-bond donors (Lipinski definition) is 2. The Morgan fingerprint density at radius 3 is 2.36 bits per heavy atom. The first-order chi connectivity index (χ1) is 12.2. The van der Waals surface area contributed by atoms with Gasteiger partial charge in [-0.15, -0.1) is 0 Å². The molecule has 0 unspecified atom stereocenters. The van der Waals surface area contributed by atoms with Crippen molar-refractivity contribution in [3.05, 3.63) is 76.5 Å². The molecule has 1 aromatic heterocycles. The second-order valence-corrected chi connectivity index (χ2v) is 5.97. The molecular weight excluding hydrogens is 336 g/mol. The minimum Gasteiger partial charge on any atom is -0.497 e. The number of rotatable bonds is 5. The fraction of sp³-hybridized carbons (Fsp3) is 0.0526. The number of hydrogen-bond acceptors (Lipinski definition) is 4. The van der Waals surface area contributed by atoms with Gasteiger partial charge in [-0.05, 0) is 47.8 Å².